The van der Waals surface area contributed by atoms with Crippen molar-refractivity contribution >= 4 is 27.2 Å². The van der Waals surface area contributed by atoms with Crippen LogP contribution in [0.4, 0.5) is 0 Å². The van der Waals surface area contributed by atoms with E-state index in [-0.39, 0.29) is 5.78 Å². The fraction of sp³-hybridized carbons (Fsp3) is 0.118. The fourth-order valence-electron chi connectivity index (χ4n) is 2.32. The van der Waals surface area contributed by atoms with E-state index in [9.17, 15) is 4.79 Å². The van der Waals surface area contributed by atoms with E-state index >= 15 is 0 Å². The van der Waals surface area contributed by atoms with Crippen LogP contribution in [0.1, 0.15) is 21.5 Å². The molecule has 0 aliphatic heterocycles. The smallest absolute Gasteiger partial charge is 0.194 e. The Labute approximate surface area is 121 Å². The minimum Gasteiger partial charge on any atom is -0.330 e. The number of nitrogens with two attached hydrogens (primary N) is 1. The molecule has 2 aromatic carbocycles. The third kappa shape index (κ3) is 2.38. The van der Waals surface area contributed by atoms with E-state index in [1.165, 1.54) is 5.56 Å². The summed E-state index contributed by atoms with van der Waals surface area (Å²) in [6, 6.07) is 15.6. The van der Waals surface area contributed by atoms with Crippen LogP contribution >= 0.6 is 11.3 Å². The monoisotopic (exact) mass is 281 g/mol. The average Bonchev–Trinajstić information content (AvgIpc) is 2.96. The lowest BCUT2D eigenvalue weighted by Gasteiger charge is -2.04. The Morgan fingerprint density at radius 3 is 2.60 bits per heavy atom. The van der Waals surface area contributed by atoms with Gasteiger partial charge >= 0.3 is 0 Å². The molecule has 1 heterocycles. The third-order valence-electron chi connectivity index (χ3n) is 3.37. The van der Waals surface area contributed by atoms with Gasteiger partial charge in [0, 0.05) is 15.8 Å². The summed E-state index contributed by atoms with van der Waals surface area (Å²) in [5.74, 6) is 0.0809. The zero-order chi connectivity index (χ0) is 13.9. The van der Waals surface area contributed by atoms with Gasteiger partial charge in [-0.05, 0) is 41.4 Å². The average molecular weight is 281 g/mol. The molecule has 3 aromatic rings. The molecule has 0 spiro atoms. The van der Waals surface area contributed by atoms with Crippen molar-refractivity contribution in [1.82, 2.24) is 0 Å². The maximum Gasteiger partial charge on any atom is 0.194 e. The molecule has 0 unspecified atom stereocenters. The van der Waals surface area contributed by atoms with E-state index < -0.39 is 0 Å². The summed E-state index contributed by atoms with van der Waals surface area (Å²) in [4.78, 5) is 12.6. The number of carbonyl (C=O) groups is 1. The minimum atomic E-state index is 0.0809. The molecular formula is C17H15NOS. The van der Waals surface area contributed by atoms with Crippen LogP contribution in [-0.2, 0) is 6.42 Å². The van der Waals surface area contributed by atoms with Crippen molar-refractivity contribution in [3.05, 3.63) is 70.6 Å². The predicted octanol–water partition coefficient (Wildman–Crippen LogP) is 3.63. The Bertz CT molecular complexity index is 743. The molecule has 2 N–H and O–H groups in total. The Kier molecular flexibility index (Phi) is 3.63. The zero-order valence-electron chi connectivity index (χ0n) is 11.0. The summed E-state index contributed by atoms with van der Waals surface area (Å²) in [7, 11) is 0. The summed E-state index contributed by atoms with van der Waals surface area (Å²) in [5.41, 5.74) is 8.21. The molecule has 0 aliphatic rings. The standard InChI is InChI=1S/C17H15NOS/c18-10-8-12-4-6-13(7-5-12)16(19)15-3-1-2-14-9-11-20-17(14)15/h1-7,9,11H,8,10,18H2. The summed E-state index contributed by atoms with van der Waals surface area (Å²) in [6.07, 6.45) is 0.842. The molecular weight excluding hydrogens is 266 g/mol. The van der Waals surface area contributed by atoms with Gasteiger partial charge in [0.2, 0.25) is 0 Å². The first kappa shape index (κ1) is 13.0. The summed E-state index contributed by atoms with van der Waals surface area (Å²) in [6.45, 7) is 0.627. The van der Waals surface area contributed by atoms with Crippen LogP contribution in [0.25, 0.3) is 10.1 Å². The van der Waals surface area contributed by atoms with Crippen LogP contribution in [0.15, 0.2) is 53.9 Å². The number of thiophene rings is 1. The molecule has 0 saturated heterocycles. The highest BCUT2D eigenvalue weighted by Crippen LogP contribution is 2.26. The highest BCUT2D eigenvalue weighted by Gasteiger charge is 2.13. The number of fused-ring (bicyclic) bond motifs is 1. The Morgan fingerprint density at radius 1 is 1.05 bits per heavy atom. The molecule has 1 aromatic heterocycles. The molecule has 0 radical (unpaired) electrons. The van der Waals surface area contributed by atoms with Gasteiger partial charge < -0.3 is 5.73 Å². The van der Waals surface area contributed by atoms with Crippen molar-refractivity contribution in [2.24, 2.45) is 5.73 Å². The van der Waals surface area contributed by atoms with Gasteiger partial charge in [-0.2, -0.15) is 0 Å². The van der Waals surface area contributed by atoms with Gasteiger partial charge in [-0.25, -0.2) is 0 Å². The molecule has 0 bridgehead atoms. The van der Waals surface area contributed by atoms with E-state index in [2.05, 4.69) is 0 Å². The number of hydrogen-bond acceptors (Lipinski definition) is 3. The molecule has 3 rings (SSSR count). The molecule has 100 valence electrons. The summed E-state index contributed by atoms with van der Waals surface area (Å²) < 4.78 is 1.06. The number of hydrogen-bond donors (Lipinski definition) is 1. The molecule has 3 heteroatoms. The first-order valence-corrected chi connectivity index (χ1v) is 7.47. The fourth-order valence-corrected chi connectivity index (χ4v) is 3.23. The highest BCUT2D eigenvalue weighted by atomic mass is 32.1. The molecule has 0 aliphatic carbocycles. The van der Waals surface area contributed by atoms with Gasteiger partial charge in [-0.15, -0.1) is 11.3 Å². The van der Waals surface area contributed by atoms with Crippen LogP contribution in [-0.4, -0.2) is 12.3 Å². The van der Waals surface area contributed by atoms with Gasteiger partial charge in [-0.3, -0.25) is 4.79 Å². The van der Waals surface area contributed by atoms with Crippen LogP contribution < -0.4 is 5.73 Å². The van der Waals surface area contributed by atoms with Gasteiger partial charge in [0.05, 0.1) is 0 Å². The first-order chi connectivity index (χ1) is 9.79. The van der Waals surface area contributed by atoms with Crippen molar-refractivity contribution in [1.29, 1.82) is 0 Å². The number of rotatable bonds is 4. The van der Waals surface area contributed by atoms with Gasteiger partial charge in [0.15, 0.2) is 5.78 Å². The molecule has 20 heavy (non-hydrogen) atoms. The SMILES string of the molecule is NCCc1ccc(C(=O)c2cccc3ccsc23)cc1. The van der Waals surface area contributed by atoms with Crippen molar-refractivity contribution < 1.29 is 4.79 Å². The van der Waals surface area contributed by atoms with E-state index in [0.29, 0.717) is 6.54 Å². The number of benzene rings is 2. The normalized spacial score (nSPS) is 10.8. The van der Waals surface area contributed by atoms with Crippen molar-refractivity contribution in [3.63, 3.8) is 0 Å². The van der Waals surface area contributed by atoms with Crippen LogP contribution in [0.5, 0.6) is 0 Å². The van der Waals surface area contributed by atoms with Crippen LogP contribution in [0.2, 0.25) is 0 Å². The van der Waals surface area contributed by atoms with E-state index in [0.717, 1.165) is 27.6 Å². The van der Waals surface area contributed by atoms with Gasteiger partial charge in [0.1, 0.15) is 0 Å². The maximum absolute atomic E-state index is 12.6. The van der Waals surface area contributed by atoms with E-state index in [1.807, 2.05) is 53.9 Å². The number of ketones is 1. The molecule has 2 nitrogen and oxygen atoms in total. The second-order valence-corrected chi connectivity index (χ2v) is 5.63. The maximum atomic E-state index is 12.6. The Balaban J connectivity index is 1.97. The number of carbonyl (C=O) groups excluding carboxylic acids is 1. The van der Waals surface area contributed by atoms with Crippen molar-refractivity contribution in [2.45, 2.75) is 6.42 Å². The lowest BCUT2D eigenvalue weighted by Crippen LogP contribution is -2.04. The Morgan fingerprint density at radius 2 is 1.85 bits per heavy atom. The third-order valence-corrected chi connectivity index (χ3v) is 4.34. The lowest BCUT2D eigenvalue weighted by molar-refractivity contribution is 0.104. The van der Waals surface area contributed by atoms with Crippen molar-refractivity contribution in [3.8, 4) is 0 Å². The van der Waals surface area contributed by atoms with Crippen molar-refractivity contribution in [2.75, 3.05) is 6.54 Å². The van der Waals surface area contributed by atoms with E-state index in [1.54, 1.807) is 11.3 Å². The second kappa shape index (κ2) is 5.57. The summed E-state index contributed by atoms with van der Waals surface area (Å²) >= 11 is 1.61. The van der Waals surface area contributed by atoms with Crippen LogP contribution in [0, 0.1) is 0 Å². The topological polar surface area (TPSA) is 43.1 Å². The lowest BCUT2D eigenvalue weighted by atomic mass is 10.0. The molecule has 0 saturated carbocycles. The largest absolute Gasteiger partial charge is 0.330 e. The second-order valence-electron chi connectivity index (χ2n) is 4.71. The van der Waals surface area contributed by atoms with Gasteiger partial charge in [0.25, 0.3) is 0 Å². The molecule has 0 atom stereocenters. The highest BCUT2D eigenvalue weighted by molar-refractivity contribution is 7.17. The Hall–Kier alpha value is -1.97. The van der Waals surface area contributed by atoms with E-state index in [4.69, 9.17) is 5.73 Å². The van der Waals surface area contributed by atoms with Crippen LogP contribution in [0.3, 0.4) is 0 Å². The zero-order valence-corrected chi connectivity index (χ0v) is 11.8. The quantitative estimate of drug-likeness (QED) is 0.742. The first-order valence-electron chi connectivity index (χ1n) is 6.59. The molecule has 0 amide bonds. The minimum absolute atomic E-state index is 0.0809. The van der Waals surface area contributed by atoms with Gasteiger partial charge in [-0.1, -0.05) is 36.4 Å². The molecule has 0 fully saturated rings. The predicted molar refractivity (Wildman–Crippen MR) is 84.5 cm³/mol. The summed E-state index contributed by atoms with van der Waals surface area (Å²) in [5, 5.41) is 3.15.